The number of para-hydroxylation sites is 1. The summed E-state index contributed by atoms with van der Waals surface area (Å²) in [5.74, 6) is -0.00945. The van der Waals surface area contributed by atoms with Gasteiger partial charge in [-0.2, -0.15) is 0 Å². The number of nitrogens with zero attached hydrogens (tertiary/aromatic N) is 4. The summed E-state index contributed by atoms with van der Waals surface area (Å²) in [7, 11) is 3.92. The first-order valence-electron chi connectivity index (χ1n) is 8.45. The van der Waals surface area contributed by atoms with Gasteiger partial charge in [-0.25, -0.2) is 0 Å². The second-order valence-corrected chi connectivity index (χ2v) is 6.45. The molecule has 132 valence electrons. The highest BCUT2D eigenvalue weighted by atomic mass is 16.2. The lowest BCUT2D eigenvalue weighted by Crippen LogP contribution is -2.52. The molecule has 1 aromatic carbocycles. The molecule has 0 aliphatic carbocycles. The Kier molecular flexibility index (Phi) is 6.61. The third kappa shape index (κ3) is 5.23. The summed E-state index contributed by atoms with van der Waals surface area (Å²) in [4.78, 5) is 32.0. The van der Waals surface area contributed by atoms with Crippen LogP contribution in [0.2, 0.25) is 0 Å². The first kappa shape index (κ1) is 18.3. The summed E-state index contributed by atoms with van der Waals surface area (Å²) >= 11 is 0. The van der Waals surface area contributed by atoms with Crippen molar-refractivity contribution in [3.8, 4) is 0 Å². The van der Waals surface area contributed by atoms with Crippen molar-refractivity contribution >= 4 is 17.5 Å². The molecule has 6 heteroatoms. The quantitative estimate of drug-likeness (QED) is 0.771. The number of carbonyl (C=O) groups excluding carboxylic acids is 2. The molecule has 1 heterocycles. The number of amides is 2. The van der Waals surface area contributed by atoms with Gasteiger partial charge < -0.3 is 19.6 Å². The van der Waals surface area contributed by atoms with E-state index in [4.69, 9.17) is 0 Å². The molecule has 0 radical (unpaired) electrons. The van der Waals surface area contributed by atoms with Crippen LogP contribution >= 0.6 is 0 Å². The van der Waals surface area contributed by atoms with Gasteiger partial charge in [0.15, 0.2) is 0 Å². The average molecular weight is 332 g/mol. The first-order valence-corrected chi connectivity index (χ1v) is 8.45. The van der Waals surface area contributed by atoms with Crippen molar-refractivity contribution in [2.45, 2.75) is 6.92 Å². The van der Waals surface area contributed by atoms with Gasteiger partial charge in [-0.3, -0.25) is 9.59 Å². The molecule has 24 heavy (non-hydrogen) atoms. The van der Waals surface area contributed by atoms with E-state index in [9.17, 15) is 9.59 Å². The maximum Gasteiger partial charge on any atom is 0.242 e. The van der Waals surface area contributed by atoms with E-state index < -0.39 is 0 Å². The highest BCUT2D eigenvalue weighted by molar-refractivity contribution is 5.84. The Hall–Kier alpha value is -2.08. The zero-order valence-corrected chi connectivity index (χ0v) is 14.9. The number of rotatable bonds is 6. The summed E-state index contributed by atoms with van der Waals surface area (Å²) in [6.07, 6.45) is 0. The van der Waals surface area contributed by atoms with E-state index in [-0.39, 0.29) is 18.4 Å². The fourth-order valence-electron chi connectivity index (χ4n) is 2.78. The summed E-state index contributed by atoms with van der Waals surface area (Å²) in [5, 5.41) is 0. The van der Waals surface area contributed by atoms with Gasteiger partial charge >= 0.3 is 0 Å². The summed E-state index contributed by atoms with van der Waals surface area (Å²) in [6.45, 7) is 6.10. The van der Waals surface area contributed by atoms with Crippen LogP contribution in [-0.2, 0) is 9.59 Å². The van der Waals surface area contributed by atoms with Crippen molar-refractivity contribution in [2.75, 3.05) is 64.8 Å². The first-order chi connectivity index (χ1) is 11.5. The summed E-state index contributed by atoms with van der Waals surface area (Å²) < 4.78 is 0. The molecule has 2 amide bonds. The SMILES string of the molecule is CC(=O)N(CCN(C)C)CC(=O)N1CCN(c2ccccc2)CC1. The molecule has 1 aliphatic heterocycles. The van der Waals surface area contributed by atoms with Crippen LogP contribution in [0.3, 0.4) is 0 Å². The fraction of sp³-hybridized carbons (Fsp3) is 0.556. The average Bonchev–Trinajstić information content (AvgIpc) is 2.59. The second kappa shape index (κ2) is 8.68. The van der Waals surface area contributed by atoms with Gasteiger partial charge in [-0.1, -0.05) is 18.2 Å². The third-order valence-electron chi connectivity index (χ3n) is 4.34. The van der Waals surface area contributed by atoms with E-state index >= 15 is 0 Å². The minimum Gasteiger partial charge on any atom is -0.368 e. The van der Waals surface area contributed by atoms with E-state index in [0.29, 0.717) is 19.6 Å². The highest BCUT2D eigenvalue weighted by Crippen LogP contribution is 2.15. The second-order valence-electron chi connectivity index (χ2n) is 6.45. The molecule has 0 atom stereocenters. The van der Waals surface area contributed by atoms with Crippen LogP contribution in [0.25, 0.3) is 0 Å². The zero-order valence-electron chi connectivity index (χ0n) is 14.9. The molecule has 1 saturated heterocycles. The maximum absolute atomic E-state index is 12.5. The number of carbonyl (C=O) groups is 2. The minimum atomic E-state index is -0.0480. The van der Waals surface area contributed by atoms with Gasteiger partial charge in [0.05, 0.1) is 6.54 Å². The molecule has 0 aromatic heterocycles. The highest BCUT2D eigenvalue weighted by Gasteiger charge is 2.23. The number of hydrogen-bond donors (Lipinski definition) is 0. The van der Waals surface area contributed by atoms with Gasteiger partial charge in [0.1, 0.15) is 0 Å². The summed E-state index contributed by atoms with van der Waals surface area (Å²) in [5.41, 5.74) is 1.20. The van der Waals surface area contributed by atoms with Crippen LogP contribution < -0.4 is 4.90 Å². The third-order valence-corrected chi connectivity index (χ3v) is 4.34. The smallest absolute Gasteiger partial charge is 0.242 e. The van der Waals surface area contributed by atoms with Crippen LogP contribution in [0, 0.1) is 0 Å². The van der Waals surface area contributed by atoms with Gasteiger partial charge in [-0.15, -0.1) is 0 Å². The molecule has 1 aromatic rings. The van der Waals surface area contributed by atoms with E-state index in [0.717, 1.165) is 19.6 Å². The van der Waals surface area contributed by atoms with Crippen LogP contribution in [0.15, 0.2) is 30.3 Å². The number of likely N-dealkylation sites (N-methyl/N-ethyl adjacent to an activating group) is 1. The lowest BCUT2D eigenvalue weighted by molar-refractivity contribution is -0.139. The lowest BCUT2D eigenvalue weighted by atomic mass is 10.2. The van der Waals surface area contributed by atoms with E-state index in [1.165, 1.54) is 12.6 Å². The van der Waals surface area contributed by atoms with Crippen molar-refractivity contribution in [3.05, 3.63) is 30.3 Å². The van der Waals surface area contributed by atoms with Gasteiger partial charge in [0, 0.05) is 51.9 Å². The predicted molar refractivity (Wildman–Crippen MR) is 96.0 cm³/mol. The van der Waals surface area contributed by atoms with Gasteiger partial charge in [0.2, 0.25) is 11.8 Å². The largest absolute Gasteiger partial charge is 0.368 e. The van der Waals surface area contributed by atoms with Crippen molar-refractivity contribution in [3.63, 3.8) is 0 Å². The standard InChI is InChI=1S/C18H28N4O2/c1-16(23)22(10-9-19(2)3)15-18(24)21-13-11-20(12-14-21)17-7-5-4-6-8-17/h4-8H,9-15H2,1-3H3. The molecule has 0 unspecified atom stereocenters. The predicted octanol–water partition coefficient (Wildman–Crippen LogP) is 0.745. The number of benzene rings is 1. The normalized spacial score (nSPS) is 14.8. The molecule has 6 nitrogen and oxygen atoms in total. The molecule has 0 spiro atoms. The Morgan fingerprint density at radius 3 is 2.17 bits per heavy atom. The molecule has 1 fully saturated rings. The molecular formula is C18H28N4O2. The van der Waals surface area contributed by atoms with Crippen molar-refractivity contribution in [1.82, 2.24) is 14.7 Å². The molecule has 0 N–H and O–H groups in total. The Labute approximate surface area is 144 Å². The Morgan fingerprint density at radius 1 is 1.00 bits per heavy atom. The van der Waals surface area contributed by atoms with Crippen molar-refractivity contribution in [1.29, 1.82) is 0 Å². The Balaban J connectivity index is 1.84. The molecule has 1 aliphatic rings. The Bertz CT molecular complexity index is 539. The number of piperazine rings is 1. The van der Waals surface area contributed by atoms with E-state index in [1.54, 1.807) is 4.90 Å². The van der Waals surface area contributed by atoms with E-state index in [2.05, 4.69) is 17.0 Å². The molecule has 0 saturated carbocycles. The van der Waals surface area contributed by atoms with Gasteiger partial charge in [0.25, 0.3) is 0 Å². The molecular weight excluding hydrogens is 304 g/mol. The Morgan fingerprint density at radius 2 is 1.62 bits per heavy atom. The van der Waals surface area contributed by atoms with Crippen LogP contribution in [0.5, 0.6) is 0 Å². The van der Waals surface area contributed by atoms with E-state index in [1.807, 2.05) is 42.1 Å². The lowest BCUT2D eigenvalue weighted by Gasteiger charge is -2.37. The molecule has 2 rings (SSSR count). The number of hydrogen-bond acceptors (Lipinski definition) is 4. The molecule has 0 bridgehead atoms. The van der Waals surface area contributed by atoms with Crippen LogP contribution in [0.4, 0.5) is 5.69 Å². The fourth-order valence-corrected chi connectivity index (χ4v) is 2.78. The van der Waals surface area contributed by atoms with Crippen LogP contribution in [-0.4, -0.2) is 86.4 Å². The minimum absolute atomic E-state index is 0.0386. The van der Waals surface area contributed by atoms with Crippen molar-refractivity contribution < 1.29 is 9.59 Å². The number of anilines is 1. The maximum atomic E-state index is 12.5. The zero-order chi connectivity index (χ0) is 17.5. The van der Waals surface area contributed by atoms with Gasteiger partial charge in [-0.05, 0) is 26.2 Å². The topological polar surface area (TPSA) is 47.1 Å². The monoisotopic (exact) mass is 332 g/mol. The van der Waals surface area contributed by atoms with Crippen molar-refractivity contribution in [2.24, 2.45) is 0 Å². The van der Waals surface area contributed by atoms with Crippen LogP contribution in [0.1, 0.15) is 6.92 Å². The summed E-state index contributed by atoms with van der Waals surface area (Å²) in [6, 6.07) is 10.3.